The number of aliphatic hydroxyl groups is 1. The van der Waals surface area contributed by atoms with E-state index in [-0.39, 0.29) is 17.6 Å². The molecule has 0 unspecified atom stereocenters. The Hall–Kier alpha value is -1.11. The van der Waals surface area contributed by atoms with Crippen LogP contribution >= 0.6 is 0 Å². The lowest BCUT2D eigenvalue weighted by molar-refractivity contribution is 0.240. The van der Waals surface area contributed by atoms with E-state index in [0.717, 1.165) is 5.56 Å². The number of hydrogen-bond acceptors (Lipinski definition) is 4. The van der Waals surface area contributed by atoms with Gasteiger partial charge < -0.3 is 9.84 Å². The fourth-order valence-electron chi connectivity index (χ4n) is 1.55. The van der Waals surface area contributed by atoms with Gasteiger partial charge in [0.2, 0.25) is 10.0 Å². The normalized spacial score (nSPS) is 13.6. The maximum absolute atomic E-state index is 12.0. The molecule has 0 fully saturated rings. The van der Waals surface area contributed by atoms with E-state index in [1.807, 2.05) is 13.8 Å². The number of ether oxygens (including phenoxy) is 1. The number of nitrogens with one attached hydrogen (secondary N) is 1. The molecule has 0 heterocycles. The molecule has 0 aliphatic heterocycles. The lowest BCUT2D eigenvalue weighted by Gasteiger charge is -2.15. The minimum Gasteiger partial charge on any atom is -0.491 e. The summed E-state index contributed by atoms with van der Waals surface area (Å²) in [6.45, 7) is 6.97. The van der Waals surface area contributed by atoms with E-state index < -0.39 is 16.1 Å². The van der Waals surface area contributed by atoms with E-state index in [2.05, 4.69) is 4.72 Å². The van der Waals surface area contributed by atoms with E-state index in [1.54, 1.807) is 26.0 Å². The van der Waals surface area contributed by atoms with Gasteiger partial charge in [-0.15, -0.1) is 0 Å². The Morgan fingerprint density at radius 3 is 2.42 bits per heavy atom. The molecule has 1 aromatic carbocycles. The predicted octanol–water partition coefficient (Wildman–Crippen LogP) is 1.44. The average molecular weight is 287 g/mol. The molecule has 0 aliphatic rings. The first-order valence-electron chi connectivity index (χ1n) is 6.16. The maximum atomic E-state index is 12.0. The van der Waals surface area contributed by atoms with Crippen molar-refractivity contribution < 1.29 is 18.3 Å². The monoisotopic (exact) mass is 287 g/mol. The van der Waals surface area contributed by atoms with Crippen LogP contribution in [0.5, 0.6) is 5.75 Å². The van der Waals surface area contributed by atoms with Gasteiger partial charge in [0.05, 0.1) is 17.6 Å². The summed E-state index contributed by atoms with van der Waals surface area (Å²) in [5.74, 6) is 0.671. The Bertz CT molecular complexity index is 525. The summed E-state index contributed by atoms with van der Waals surface area (Å²) in [5, 5.41) is 8.90. The summed E-state index contributed by atoms with van der Waals surface area (Å²) >= 11 is 0. The fourth-order valence-corrected chi connectivity index (χ4v) is 2.86. The van der Waals surface area contributed by atoms with Crippen LogP contribution in [0.4, 0.5) is 0 Å². The van der Waals surface area contributed by atoms with Crippen molar-refractivity contribution >= 4 is 10.0 Å². The quantitative estimate of drug-likeness (QED) is 0.830. The Kier molecular flexibility index (Phi) is 5.34. The van der Waals surface area contributed by atoms with Crippen LogP contribution in [0.25, 0.3) is 0 Å². The van der Waals surface area contributed by atoms with E-state index in [9.17, 15) is 8.42 Å². The highest BCUT2D eigenvalue weighted by Gasteiger charge is 2.18. The van der Waals surface area contributed by atoms with Gasteiger partial charge in [-0.05, 0) is 51.5 Å². The second kappa shape index (κ2) is 6.36. The number of aryl methyl sites for hydroxylation is 1. The summed E-state index contributed by atoms with van der Waals surface area (Å²) in [6, 6.07) is 4.19. The van der Waals surface area contributed by atoms with Crippen molar-refractivity contribution in [1.29, 1.82) is 0 Å². The molecule has 0 saturated heterocycles. The molecular formula is C13H21NO4S. The third-order valence-electron chi connectivity index (χ3n) is 2.45. The topological polar surface area (TPSA) is 75.6 Å². The standard InChI is InChI=1S/C13H21NO4S/c1-9(2)18-13-6-5-12(7-10(13)3)19(16,17)14-11(4)8-15/h5-7,9,11,14-15H,8H2,1-4H3/t11-/m0/s1. The molecule has 1 aromatic rings. The number of hydrogen-bond donors (Lipinski definition) is 2. The molecule has 0 aliphatic carbocycles. The van der Waals surface area contributed by atoms with E-state index in [4.69, 9.17) is 9.84 Å². The van der Waals surface area contributed by atoms with Gasteiger partial charge in [0.15, 0.2) is 0 Å². The lowest BCUT2D eigenvalue weighted by atomic mass is 10.2. The molecule has 0 amide bonds. The molecule has 0 bridgehead atoms. The van der Waals surface area contributed by atoms with Crippen LogP contribution in [0.3, 0.4) is 0 Å². The van der Waals surface area contributed by atoms with Crippen molar-refractivity contribution in [2.75, 3.05) is 6.61 Å². The number of aliphatic hydroxyl groups excluding tert-OH is 1. The van der Waals surface area contributed by atoms with Crippen LogP contribution in [0.15, 0.2) is 23.1 Å². The zero-order valence-corrected chi connectivity index (χ0v) is 12.5. The SMILES string of the molecule is Cc1cc(S(=O)(=O)N[C@@H](C)CO)ccc1OC(C)C. The second-order valence-electron chi connectivity index (χ2n) is 4.80. The summed E-state index contributed by atoms with van der Waals surface area (Å²) < 4.78 is 32.0. The van der Waals surface area contributed by atoms with Crippen LogP contribution < -0.4 is 9.46 Å². The van der Waals surface area contributed by atoms with Gasteiger partial charge >= 0.3 is 0 Å². The van der Waals surface area contributed by atoms with Gasteiger partial charge in [-0.25, -0.2) is 13.1 Å². The van der Waals surface area contributed by atoms with Crippen molar-refractivity contribution in [3.8, 4) is 5.75 Å². The Morgan fingerprint density at radius 1 is 1.32 bits per heavy atom. The highest BCUT2D eigenvalue weighted by molar-refractivity contribution is 7.89. The number of rotatable bonds is 6. The molecule has 0 radical (unpaired) electrons. The molecular weight excluding hydrogens is 266 g/mol. The lowest BCUT2D eigenvalue weighted by Crippen LogP contribution is -2.35. The highest BCUT2D eigenvalue weighted by Crippen LogP contribution is 2.22. The first-order chi connectivity index (χ1) is 8.76. The molecule has 6 heteroatoms. The third kappa shape index (κ3) is 4.49. The number of sulfonamides is 1. The Balaban J connectivity index is 3.00. The maximum Gasteiger partial charge on any atom is 0.240 e. The smallest absolute Gasteiger partial charge is 0.240 e. The zero-order valence-electron chi connectivity index (χ0n) is 11.7. The summed E-state index contributed by atoms with van der Waals surface area (Å²) in [6.07, 6.45) is 0.0358. The average Bonchev–Trinajstić information content (AvgIpc) is 2.30. The molecule has 2 N–H and O–H groups in total. The molecule has 19 heavy (non-hydrogen) atoms. The van der Waals surface area contributed by atoms with Crippen LogP contribution in [-0.4, -0.2) is 32.3 Å². The highest BCUT2D eigenvalue weighted by atomic mass is 32.2. The van der Waals surface area contributed by atoms with Crippen LogP contribution in [0, 0.1) is 6.92 Å². The van der Waals surface area contributed by atoms with Crippen LogP contribution in [-0.2, 0) is 10.0 Å². The van der Waals surface area contributed by atoms with Gasteiger partial charge in [-0.2, -0.15) is 0 Å². The van der Waals surface area contributed by atoms with E-state index in [1.165, 1.54) is 6.07 Å². The van der Waals surface area contributed by atoms with E-state index in [0.29, 0.717) is 5.75 Å². The first-order valence-corrected chi connectivity index (χ1v) is 7.65. The van der Waals surface area contributed by atoms with Gasteiger partial charge in [-0.3, -0.25) is 0 Å². The molecule has 108 valence electrons. The largest absolute Gasteiger partial charge is 0.491 e. The summed E-state index contributed by atoms with van der Waals surface area (Å²) in [4.78, 5) is 0.168. The minimum atomic E-state index is -3.60. The molecule has 0 aromatic heterocycles. The first kappa shape index (κ1) is 15.9. The van der Waals surface area contributed by atoms with Crippen molar-refractivity contribution in [2.24, 2.45) is 0 Å². The van der Waals surface area contributed by atoms with Crippen molar-refractivity contribution in [3.63, 3.8) is 0 Å². The molecule has 1 rings (SSSR count). The molecule has 0 saturated carbocycles. The van der Waals surface area contributed by atoms with Gasteiger partial charge in [0, 0.05) is 6.04 Å². The third-order valence-corrected chi connectivity index (χ3v) is 4.04. The summed E-state index contributed by atoms with van der Waals surface area (Å²) in [5.41, 5.74) is 0.758. The zero-order chi connectivity index (χ0) is 14.6. The van der Waals surface area contributed by atoms with Gasteiger partial charge in [0.1, 0.15) is 5.75 Å². The van der Waals surface area contributed by atoms with Crippen molar-refractivity contribution in [3.05, 3.63) is 23.8 Å². The summed E-state index contributed by atoms with van der Waals surface area (Å²) in [7, 11) is -3.60. The predicted molar refractivity (Wildman–Crippen MR) is 73.8 cm³/mol. The van der Waals surface area contributed by atoms with E-state index >= 15 is 0 Å². The second-order valence-corrected chi connectivity index (χ2v) is 6.51. The van der Waals surface area contributed by atoms with Crippen molar-refractivity contribution in [1.82, 2.24) is 4.72 Å². The molecule has 5 nitrogen and oxygen atoms in total. The van der Waals surface area contributed by atoms with Crippen LogP contribution in [0.2, 0.25) is 0 Å². The van der Waals surface area contributed by atoms with Gasteiger partial charge in [0.25, 0.3) is 0 Å². The minimum absolute atomic E-state index is 0.0358. The molecule has 1 atom stereocenters. The Morgan fingerprint density at radius 2 is 1.95 bits per heavy atom. The van der Waals surface area contributed by atoms with Crippen LogP contribution in [0.1, 0.15) is 26.3 Å². The number of benzene rings is 1. The van der Waals surface area contributed by atoms with Crippen molar-refractivity contribution in [2.45, 2.75) is 44.7 Å². The van der Waals surface area contributed by atoms with Gasteiger partial charge in [-0.1, -0.05) is 0 Å². The molecule has 0 spiro atoms. The Labute approximate surface area is 114 Å². The fraction of sp³-hybridized carbons (Fsp3) is 0.538.